The maximum absolute atomic E-state index is 5.88. The highest BCUT2D eigenvalue weighted by Crippen LogP contribution is 2.22. The van der Waals surface area contributed by atoms with Crippen molar-refractivity contribution in [1.82, 2.24) is 24.5 Å². The third-order valence-corrected chi connectivity index (χ3v) is 2.38. The number of ether oxygens (including phenoxy) is 1. The van der Waals surface area contributed by atoms with E-state index >= 15 is 0 Å². The number of nitrogens with two attached hydrogens (primary N) is 1. The van der Waals surface area contributed by atoms with Crippen LogP contribution < -0.4 is 5.73 Å². The normalized spacial score (nSPS) is 10.9. The molecular weight excluding hydrogens is 208 g/mol. The maximum atomic E-state index is 5.88. The van der Waals surface area contributed by atoms with Gasteiger partial charge in [-0.2, -0.15) is 5.10 Å². The number of anilines is 1. The van der Waals surface area contributed by atoms with Gasteiger partial charge in [-0.3, -0.25) is 4.68 Å². The van der Waals surface area contributed by atoms with E-state index < -0.39 is 0 Å². The molecule has 7 nitrogen and oxygen atoms in total. The number of rotatable bonds is 4. The second-order valence-electron chi connectivity index (χ2n) is 3.41. The van der Waals surface area contributed by atoms with Gasteiger partial charge in [0.1, 0.15) is 12.1 Å². The molecule has 2 heterocycles. The minimum Gasteiger partial charge on any atom is -0.383 e. The Bertz CT molecular complexity index is 474. The molecule has 0 saturated carbocycles. The maximum Gasteiger partial charge on any atom is 0.169 e. The fourth-order valence-electron chi connectivity index (χ4n) is 1.44. The number of aryl methyl sites for hydroxylation is 1. The molecular formula is C9H14N6O. The van der Waals surface area contributed by atoms with E-state index in [2.05, 4.69) is 15.3 Å². The van der Waals surface area contributed by atoms with Crippen molar-refractivity contribution in [2.24, 2.45) is 7.05 Å². The summed E-state index contributed by atoms with van der Waals surface area (Å²) >= 11 is 0. The molecule has 0 saturated heterocycles. The van der Waals surface area contributed by atoms with Crippen LogP contribution in [0.25, 0.3) is 11.4 Å². The summed E-state index contributed by atoms with van der Waals surface area (Å²) in [6, 6.07) is 0. The van der Waals surface area contributed by atoms with Crippen molar-refractivity contribution in [3.63, 3.8) is 0 Å². The first-order valence-electron chi connectivity index (χ1n) is 4.88. The smallest absolute Gasteiger partial charge is 0.169 e. The molecule has 0 aliphatic heterocycles. The lowest BCUT2D eigenvalue weighted by molar-refractivity contribution is 0.187. The first kappa shape index (κ1) is 10.6. The molecule has 0 fully saturated rings. The molecule has 2 aromatic rings. The van der Waals surface area contributed by atoms with Gasteiger partial charge in [-0.25, -0.2) is 0 Å². The van der Waals surface area contributed by atoms with Gasteiger partial charge in [0.2, 0.25) is 0 Å². The number of nitrogens with zero attached hydrogens (tertiary/aromatic N) is 5. The Morgan fingerprint density at radius 2 is 2.31 bits per heavy atom. The first-order valence-corrected chi connectivity index (χ1v) is 4.88. The molecule has 2 N–H and O–H groups in total. The van der Waals surface area contributed by atoms with Crippen LogP contribution in [0.4, 0.5) is 5.82 Å². The Balaban J connectivity index is 2.33. The molecule has 0 atom stereocenters. The summed E-state index contributed by atoms with van der Waals surface area (Å²) in [6.45, 7) is 1.29. The predicted octanol–water partition coefficient (Wildman–Crippen LogP) is -0.0928. The van der Waals surface area contributed by atoms with Crippen LogP contribution in [0.2, 0.25) is 0 Å². The Hall–Kier alpha value is -1.89. The summed E-state index contributed by atoms with van der Waals surface area (Å²) < 4.78 is 8.50. The highest BCUT2D eigenvalue weighted by molar-refractivity contribution is 5.67. The molecule has 0 aliphatic rings. The fraction of sp³-hybridized carbons (Fsp3) is 0.444. The van der Waals surface area contributed by atoms with E-state index in [9.17, 15) is 0 Å². The zero-order valence-corrected chi connectivity index (χ0v) is 9.29. The van der Waals surface area contributed by atoms with Gasteiger partial charge >= 0.3 is 0 Å². The lowest BCUT2D eigenvalue weighted by atomic mass is 10.3. The zero-order chi connectivity index (χ0) is 11.5. The second-order valence-corrected chi connectivity index (χ2v) is 3.41. The van der Waals surface area contributed by atoms with Crippen LogP contribution in [-0.4, -0.2) is 38.3 Å². The third-order valence-electron chi connectivity index (χ3n) is 2.38. The van der Waals surface area contributed by atoms with E-state index in [1.807, 2.05) is 4.57 Å². The summed E-state index contributed by atoms with van der Waals surface area (Å²) in [5.74, 6) is 1.29. The van der Waals surface area contributed by atoms with Crippen LogP contribution in [0, 0.1) is 0 Å². The summed E-state index contributed by atoms with van der Waals surface area (Å²) in [6.07, 6.45) is 3.34. The van der Waals surface area contributed by atoms with E-state index in [0.29, 0.717) is 24.8 Å². The molecule has 0 aliphatic carbocycles. The van der Waals surface area contributed by atoms with E-state index in [4.69, 9.17) is 10.5 Å². The topological polar surface area (TPSA) is 83.8 Å². The lowest BCUT2D eigenvalue weighted by Crippen LogP contribution is -2.06. The van der Waals surface area contributed by atoms with Gasteiger partial charge in [0.05, 0.1) is 18.4 Å². The van der Waals surface area contributed by atoms with Crippen LogP contribution in [0.5, 0.6) is 0 Å². The molecule has 0 spiro atoms. The SMILES string of the molecule is COCCn1cnnc1-c1cnn(C)c1N. The van der Waals surface area contributed by atoms with Gasteiger partial charge in [-0.1, -0.05) is 0 Å². The molecule has 2 rings (SSSR count). The van der Waals surface area contributed by atoms with Gasteiger partial charge in [-0.15, -0.1) is 10.2 Å². The average Bonchev–Trinajstić information content (AvgIpc) is 2.85. The monoisotopic (exact) mass is 222 g/mol. The van der Waals surface area contributed by atoms with Crippen molar-refractivity contribution in [1.29, 1.82) is 0 Å². The van der Waals surface area contributed by atoms with Crippen molar-refractivity contribution in [3.05, 3.63) is 12.5 Å². The lowest BCUT2D eigenvalue weighted by Gasteiger charge is -2.04. The molecule has 16 heavy (non-hydrogen) atoms. The number of aromatic nitrogens is 5. The Morgan fingerprint density at radius 1 is 1.50 bits per heavy atom. The Labute approximate surface area is 92.8 Å². The molecule has 7 heteroatoms. The number of nitrogen functional groups attached to an aromatic ring is 1. The number of hydrogen-bond acceptors (Lipinski definition) is 5. The van der Waals surface area contributed by atoms with Crippen LogP contribution in [0.15, 0.2) is 12.5 Å². The van der Waals surface area contributed by atoms with E-state index in [1.54, 1.807) is 31.4 Å². The highest BCUT2D eigenvalue weighted by Gasteiger charge is 2.13. The summed E-state index contributed by atoms with van der Waals surface area (Å²) in [7, 11) is 3.44. The number of methoxy groups -OCH3 is 1. The largest absolute Gasteiger partial charge is 0.383 e. The van der Waals surface area contributed by atoms with Crippen LogP contribution in [-0.2, 0) is 18.3 Å². The molecule has 0 radical (unpaired) electrons. The van der Waals surface area contributed by atoms with Gasteiger partial charge in [0.25, 0.3) is 0 Å². The van der Waals surface area contributed by atoms with Crippen LogP contribution >= 0.6 is 0 Å². The van der Waals surface area contributed by atoms with Crippen molar-refractivity contribution in [3.8, 4) is 11.4 Å². The van der Waals surface area contributed by atoms with Gasteiger partial charge < -0.3 is 15.0 Å². The highest BCUT2D eigenvalue weighted by atomic mass is 16.5. The molecule has 2 aromatic heterocycles. The average molecular weight is 222 g/mol. The number of hydrogen-bond donors (Lipinski definition) is 1. The molecule has 0 aromatic carbocycles. The van der Waals surface area contributed by atoms with E-state index in [0.717, 1.165) is 5.56 Å². The van der Waals surface area contributed by atoms with Gasteiger partial charge in [-0.05, 0) is 0 Å². The van der Waals surface area contributed by atoms with Crippen molar-refractivity contribution >= 4 is 5.82 Å². The van der Waals surface area contributed by atoms with Crippen LogP contribution in [0.1, 0.15) is 0 Å². The van der Waals surface area contributed by atoms with Crippen LogP contribution in [0.3, 0.4) is 0 Å². The van der Waals surface area contributed by atoms with Gasteiger partial charge in [0.15, 0.2) is 5.82 Å². The second kappa shape index (κ2) is 4.31. The Kier molecular flexibility index (Phi) is 2.86. The standard InChI is InChI=1S/C9H14N6O/c1-14-8(10)7(5-12-14)9-13-11-6-15(9)3-4-16-2/h5-6H,3-4,10H2,1-2H3. The minimum absolute atomic E-state index is 0.576. The quantitative estimate of drug-likeness (QED) is 0.781. The molecule has 0 unspecified atom stereocenters. The predicted molar refractivity (Wildman–Crippen MR) is 58.5 cm³/mol. The zero-order valence-electron chi connectivity index (χ0n) is 9.29. The van der Waals surface area contributed by atoms with Crippen molar-refractivity contribution in [2.75, 3.05) is 19.5 Å². The van der Waals surface area contributed by atoms with Gasteiger partial charge in [0, 0.05) is 20.7 Å². The Morgan fingerprint density at radius 3 is 2.94 bits per heavy atom. The van der Waals surface area contributed by atoms with Crippen molar-refractivity contribution in [2.45, 2.75) is 6.54 Å². The first-order chi connectivity index (χ1) is 7.74. The summed E-state index contributed by atoms with van der Waals surface area (Å²) in [5, 5.41) is 12.0. The molecule has 0 amide bonds. The molecule has 86 valence electrons. The van der Waals surface area contributed by atoms with Crippen molar-refractivity contribution < 1.29 is 4.74 Å². The molecule has 0 bridgehead atoms. The van der Waals surface area contributed by atoms with E-state index in [-0.39, 0.29) is 0 Å². The summed E-state index contributed by atoms with van der Waals surface area (Å²) in [5.41, 5.74) is 6.67. The summed E-state index contributed by atoms with van der Waals surface area (Å²) in [4.78, 5) is 0. The fourth-order valence-corrected chi connectivity index (χ4v) is 1.44. The minimum atomic E-state index is 0.576. The van der Waals surface area contributed by atoms with E-state index in [1.165, 1.54) is 0 Å². The third kappa shape index (κ3) is 1.76.